The Balaban J connectivity index is 0.00000225. The summed E-state index contributed by atoms with van der Waals surface area (Å²) < 4.78 is 39.8. The van der Waals surface area contributed by atoms with E-state index in [2.05, 4.69) is 11.3 Å². The second-order valence-electron chi connectivity index (χ2n) is 2.85. The van der Waals surface area contributed by atoms with Crippen molar-refractivity contribution >= 4 is 12.4 Å². The first-order valence-corrected chi connectivity index (χ1v) is 4.17. The first-order valence-electron chi connectivity index (χ1n) is 4.17. The first-order chi connectivity index (χ1) is 6.94. The van der Waals surface area contributed by atoms with Crippen LogP contribution in [0.5, 0.6) is 5.75 Å². The molecule has 1 aromatic carbocycles. The van der Waals surface area contributed by atoms with Gasteiger partial charge in [-0.2, -0.15) is 0 Å². The number of halogens is 4. The van der Waals surface area contributed by atoms with Crippen molar-refractivity contribution in [2.45, 2.75) is 12.4 Å². The monoisotopic (exact) mass is 253 g/mol. The molecule has 0 aliphatic carbocycles. The zero-order valence-corrected chi connectivity index (χ0v) is 9.02. The standard InChI is InChI=1S/C10H10F3NO.ClH/c1-2-8(14)7-5-3-4-6-9(7)15-10(11,12)13;/h2-6,8H,1,14H2;1H/t8-;/m1./s1. The second kappa shape index (κ2) is 5.77. The van der Waals surface area contributed by atoms with Gasteiger partial charge in [-0.15, -0.1) is 32.2 Å². The van der Waals surface area contributed by atoms with Crippen LogP contribution in [-0.4, -0.2) is 6.36 Å². The summed E-state index contributed by atoms with van der Waals surface area (Å²) in [5.74, 6) is -0.294. The van der Waals surface area contributed by atoms with Gasteiger partial charge < -0.3 is 10.5 Å². The minimum absolute atomic E-state index is 0. The molecule has 0 aromatic heterocycles. The fourth-order valence-electron chi connectivity index (χ4n) is 1.10. The number of para-hydroxylation sites is 1. The van der Waals surface area contributed by atoms with E-state index in [-0.39, 0.29) is 23.7 Å². The van der Waals surface area contributed by atoms with Crippen LogP contribution in [0.1, 0.15) is 11.6 Å². The minimum atomic E-state index is -4.71. The Bertz CT molecular complexity index is 354. The molecule has 0 amide bonds. The number of alkyl halides is 3. The number of hydrogen-bond donors (Lipinski definition) is 1. The van der Waals surface area contributed by atoms with Crippen molar-refractivity contribution in [3.05, 3.63) is 42.5 Å². The van der Waals surface area contributed by atoms with E-state index in [1.165, 1.54) is 24.3 Å². The van der Waals surface area contributed by atoms with Crippen LogP contribution in [0, 0.1) is 0 Å². The number of benzene rings is 1. The number of ether oxygens (including phenoxy) is 1. The third kappa shape index (κ3) is 4.12. The molecule has 1 aromatic rings. The predicted octanol–water partition coefficient (Wildman–Crippen LogP) is 3.19. The van der Waals surface area contributed by atoms with Gasteiger partial charge in [-0.05, 0) is 6.07 Å². The third-order valence-electron chi connectivity index (χ3n) is 1.76. The van der Waals surface area contributed by atoms with E-state index in [4.69, 9.17) is 5.73 Å². The summed E-state index contributed by atoms with van der Waals surface area (Å²) in [4.78, 5) is 0. The van der Waals surface area contributed by atoms with Gasteiger partial charge in [0.15, 0.2) is 0 Å². The van der Waals surface area contributed by atoms with Gasteiger partial charge in [0, 0.05) is 5.56 Å². The van der Waals surface area contributed by atoms with Gasteiger partial charge >= 0.3 is 6.36 Å². The van der Waals surface area contributed by atoms with Crippen LogP contribution < -0.4 is 10.5 Å². The fourth-order valence-corrected chi connectivity index (χ4v) is 1.10. The van der Waals surface area contributed by atoms with Gasteiger partial charge in [0.2, 0.25) is 0 Å². The van der Waals surface area contributed by atoms with E-state index in [1.54, 1.807) is 6.07 Å². The highest BCUT2D eigenvalue weighted by atomic mass is 35.5. The maximum absolute atomic E-state index is 12.0. The molecule has 0 saturated carbocycles. The van der Waals surface area contributed by atoms with E-state index in [0.29, 0.717) is 0 Å². The Labute approximate surface area is 97.3 Å². The molecule has 0 unspecified atom stereocenters. The molecule has 6 heteroatoms. The molecule has 0 saturated heterocycles. The van der Waals surface area contributed by atoms with Crippen molar-refractivity contribution in [3.8, 4) is 5.75 Å². The molecule has 0 fully saturated rings. The van der Waals surface area contributed by atoms with Crippen LogP contribution in [-0.2, 0) is 0 Å². The van der Waals surface area contributed by atoms with Crippen LogP contribution in [0.4, 0.5) is 13.2 Å². The molecule has 16 heavy (non-hydrogen) atoms. The lowest BCUT2D eigenvalue weighted by Gasteiger charge is -2.15. The molecule has 90 valence electrons. The zero-order valence-electron chi connectivity index (χ0n) is 8.20. The van der Waals surface area contributed by atoms with Crippen LogP contribution in [0.25, 0.3) is 0 Å². The smallest absolute Gasteiger partial charge is 0.405 e. The van der Waals surface area contributed by atoms with Gasteiger partial charge in [-0.25, -0.2) is 0 Å². The largest absolute Gasteiger partial charge is 0.573 e. The van der Waals surface area contributed by atoms with Gasteiger partial charge in [0.25, 0.3) is 0 Å². The molecule has 0 heterocycles. The molecule has 1 atom stereocenters. The highest BCUT2D eigenvalue weighted by molar-refractivity contribution is 5.85. The SMILES string of the molecule is C=C[C@@H](N)c1ccccc1OC(F)(F)F.Cl. The lowest BCUT2D eigenvalue weighted by Crippen LogP contribution is -2.19. The fraction of sp³-hybridized carbons (Fsp3) is 0.200. The highest BCUT2D eigenvalue weighted by Crippen LogP contribution is 2.29. The van der Waals surface area contributed by atoms with Crippen molar-refractivity contribution in [1.82, 2.24) is 0 Å². The van der Waals surface area contributed by atoms with E-state index >= 15 is 0 Å². The Hall–Kier alpha value is -1.20. The van der Waals surface area contributed by atoms with Crippen molar-refractivity contribution in [1.29, 1.82) is 0 Å². The molecule has 0 radical (unpaired) electrons. The van der Waals surface area contributed by atoms with Gasteiger partial charge in [-0.3, -0.25) is 0 Å². The molecular weight excluding hydrogens is 243 g/mol. The van der Waals surface area contributed by atoms with Crippen LogP contribution in [0.2, 0.25) is 0 Å². The third-order valence-corrected chi connectivity index (χ3v) is 1.76. The zero-order chi connectivity index (χ0) is 11.5. The van der Waals surface area contributed by atoms with Gasteiger partial charge in [0.1, 0.15) is 5.75 Å². The van der Waals surface area contributed by atoms with Crippen molar-refractivity contribution in [2.75, 3.05) is 0 Å². The van der Waals surface area contributed by atoms with Gasteiger partial charge in [-0.1, -0.05) is 24.3 Å². The average molecular weight is 254 g/mol. The lowest BCUT2D eigenvalue weighted by atomic mass is 10.1. The number of nitrogens with two attached hydrogens (primary N) is 1. The summed E-state index contributed by atoms with van der Waals surface area (Å²) >= 11 is 0. The van der Waals surface area contributed by atoms with Gasteiger partial charge in [0.05, 0.1) is 6.04 Å². The average Bonchev–Trinajstić information content (AvgIpc) is 2.15. The molecule has 2 nitrogen and oxygen atoms in total. The maximum atomic E-state index is 12.0. The molecular formula is C10H11ClF3NO. The molecule has 0 spiro atoms. The highest BCUT2D eigenvalue weighted by Gasteiger charge is 2.32. The van der Waals surface area contributed by atoms with Crippen LogP contribution in [0.15, 0.2) is 36.9 Å². The Morgan fingerprint density at radius 1 is 1.31 bits per heavy atom. The molecule has 1 rings (SSSR count). The van der Waals surface area contributed by atoms with E-state index < -0.39 is 12.4 Å². The minimum Gasteiger partial charge on any atom is -0.405 e. The summed E-state index contributed by atoms with van der Waals surface area (Å²) in [6.07, 6.45) is -3.37. The Kier molecular flexibility index (Phi) is 5.33. The Morgan fingerprint density at radius 2 is 1.88 bits per heavy atom. The van der Waals surface area contributed by atoms with Crippen LogP contribution in [0.3, 0.4) is 0 Å². The lowest BCUT2D eigenvalue weighted by molar-refractivity contribution is -0.274. The first kappa shape index (κ1) is 14.8. The topological polar surface area (TPSA) is 35.2 Å². The molecule has 0 aliphatic rings. The summed E-state index contributed by atoms with van der Waals surface area (Å²) in [6.45, 7) is 3.41. The number of hydrogen-bond acceptors (Lipinski definition) is 2. The van der Waals surface area contributed by atoms with Crippen molar-refractivity contribution in [3.63, 3.8) is 0 Å². The molecule has 2 N–H and O–H groups in total. The summed E-state index contributed by atoms with van der Waals surface area (Å²) in [7, 11) is 0. The quantitative estimate of drug-likeness (QED) is 0.840. The van der Waals surface area contributed by atoms with E-state index in [9.17, 15) is 13.2 Å². The summed E-state index contributed by atoms with van der Waals surface area (Å²) in [6, 6.07) is 5.03. The van der Waals surface area contributed by atoms with E-state index in [1.807, 2.05) is 0 Å². The maximum Gasteiger partial charge on any atom is 0.573 e. The predicted molar refractivity (Wildman–Crippen MR) is 57.5 cm³/mol. The van der Waals surface area contributed by atoms with Crippen molar-refractivity contribution < 1.29 is 17.9 Å². The number of rotatable bonds is 3. The van der Waals surface area contributed by atoms with E-state index in [0.717, 1.165) is 0 Å². The van der Waals surface area contributed by atoms with Crippen molar-refractivity contribution in [2.24, 2.45) is 5.73 Å². The summed E-state index contributed by atoms with van der Waals surface area (Å²) in [5.41, 5.74) is 5.80. The van der Waals surface area contributed by atoms with Crippen LogP contribution >= 0.6 is 12.4 Å². The molecule has 0 bridgehead atoms. The molecule has 0 aliphatic heterocycles. The normalized spacial score (nSPS) is 12.5. The summed E-state index contributed by atoms with van der Waals surface area (Å²) in [5, 5.41) is 0. The Morgan fingerprint density at radius 3 is 2.38 bits per heavy atom. The second-order valence-corrected chi connectivity index (χ2v) is 2.85.